The fourth-order valence-corrected chi connectivity index (χ4v) is 0.905. The molecule has 0 saturated carbocycles. The van der Waals surface area contributed by atoms with Crippen LogP contribution >= 0.6 is 0 Å². The summed E-state index contributed by atoms with van der Waals surface area (Å²) < 4.78 is 0. The van der Waals surface area contributed by atoms with Crippen molar-refractivity contribution in [3.63, 3.8) is 0 Å². The lowest BCUT2D eigenvalue weighted by Gasteiger charge is -2.17. The molecule has 0 amide bonds. The topological polar surface area (TPSA) is 75.9 Å². The van der Waals surface area contributed by atoms with Crippen molar-refractivity contribution in [3.8, 4) is 0 Å². The van der Waals surface area contributed by atoms with E-state index in [1.54, 1.807) is 12.4 Å². The highest BCUT2D eigenvalue weighted by atomic mass is 15.3. The summed E-state index contributed by atoms with van der Waals surface area (Å²) in [5.74, 6) is 7.08. The summed E-state index contributed by atoms with van der Waals surface area (Å²) in [7, 11) is 0. The van der Waals surface area contributed by atoms with Crippen LogP contribution in [0.25, 0.3) is 0 Å². The van der Waals surface area contributed by atoms with Gasteiger partial charge < -0.3 is 10.7 Å². The Morgan fingerprint density at radius 1 is 1.21 bits per heavy atom. The minimum atomic E-state index is 0.359. The molecule has 0 fully saturated rings. The van der Waals surface area contributed by atoms with Gasteiger partial charge in [0.05, 0.1) is 12.4 Å². The first-order chi connectivity index (χ1) is 6.63. The molecule has 0 aliphatic heterocycles. The Kier molecular flexibility index (Phi) is 3.64. The number of nitrogens with zero attached hydrogens (tertiary/aromatic N) is 2. The van der Waals surface area contributed by atoms with E-state index < -0.39 is 0 Å². The molecule has 5 heteroatoms. The predicted octanol–water partition coefficient (Wildman–Crippen LogP) is 1.22. The molecular formula is C9H17N5. The smallest absolute Gasteiger partial charge is 0.160 e. The maximum atomic E-state index is 5.23. The largest absolute Gasteiger partial charge is 0.366 e. The van der Waals surface area contributed by atoms with Crippen LogP contribution in [0.15, 0.2) is 12.4 Å². The molecule has 1 atom stereocenters. The maximum absolute atomic E-state index is 5.23. The fourth-order valence-electron chi connectivity index (χ4n) is 0.905. The van der Waals surface area contributed by atoms with Crippen LogP contribution in [0.1, 0.15) is 20.8 Å². The molecule has 78 valence electrons. The van der Waals surface area contributed by atoms with E-state index in [4.69, 9.17) is 5.84 Å². The molecule has 5 nitrogen and oxygen atoms in total. The minimum absolute atomic E-state index is 0.359. The molecule has 0 saturated heterocycles. The van der Waals surface area contributed by atoms with Crippen molar-refractivity contribution in [2.45, 2.75) is 26.8 Å². The zero-order chi connectivity index (χ0) is 10.6. The molecule has 0 aromatic carbocycles. The van der Waals surface area contributed by atoms with Gasteiger partial charge in [0.15, 0.2) is 5.82 Å². The van der Waals surface area contributed by atoms with E-state index in [-0.39, 0.29) is 0 Å². The van der Waals surface area contributed by atoms with E-state index in [9.17, 15) is 0 Å². The quantitative estimate of drug-likeness (QED) is 0.497. The summed E-state index contributed by atoms with van der Waals surface area (Å²) in [4.78, 5) is 8.20. The van der Waals surface area contributed by atoms with Crippen molar-refractivity contribution in [1.82, 2.24) is 9.97 Å². The van der Waals surface area contributed by atoms with Crippen molar-refractivity contribution < 1.29 is 0 Å². The van der Waals surface area contributed by atoms with Gasteiger partial charge in [-0.25, -0.2) is 10.8 Å². The van der Waals surface area contributed by atoms with Crippen LogP contribution in [0.3, 0.4) is 0 Å². The van der Waals surface area contributed by atoms with Crippen molar-refractivity contribution in [2.24, 2.45) is 11.8 Å². The lowest BCUT2D eigenvalue weighted by Crippen LogP contribution is -2.22. The van der Waals surface area contributed by atoms with Crippen molar-refractivity contribution >= 4 is 11.6 Å². The first-order valence-electron chi connectivity index (χ1n) is 4.68. The standard InChI is InChI=1S/C9H17N5/c1-6(2)7(3)12-8-4-11-5-9(13-8)14-10/h4-7H,10H2,1-3H3,(H2,12,13,14). The number of aromatic nitrogens is 2. The van der Waals surface area contributed by atoms with Gasteiger partial charge in [0.2, 0.25) is 0 Å². The first-order valence-corrected chi connectivity index (χ1v) is 4.68. The number of hydrogen-bond acceptors (Lipinski definition) is 5. The maximum Gasteiger partial charge on any atom is 0.160 e. The van der Waals surface area contributed by atoms with Gasteiger partial charge in [-0.15, -0.1) is 0 Å². The van der Waals surface area contributed by atoms with Gasteiger partial charge in [-0.05, 0) is 12.8 Å². The minimum Gasteiger partial charge on any atom is -0.366 e. The molecule has 0 aliphatic carbocycles. The third-order valence-electron chi connectivity index (χ3n) is 2.16. The van der Waals surface area contributed by atoms with E-state index in [0.717, 1.165) is 5.82 Å². The third-order valence-corrected chi connectivity index (χ3v) is 2.16. The second-order valence-electron chi connectivity index (χ2n) is 3.61. The lowest BCUT2D eigenvalue weighted by atomic mass is 10.1. The van der Waals surface area contributed by atoms with E-state index in [1.807, 2.05) is 0 Å². The molecule has 0 spiro atoms. The molecule has 1 aromatic rings. The zero-order valence-corrected chi connectivity index (χ0v) is 8.78. The van der Waals surface area contributed by atoms with Crippen LogP contribution < -0.4 is 16.6 Å². The molecular weight excluding hydrogens is 178 g/mol. The van der Waals surface area contributed by atoms with E-state index >= 15 is 0 Å². The molecule has 1 heterocycles. The van der Waals surface area contributed by atoms with Crippen molar-refractivity contribution in [3.05, 3.63) is 12.4 Å². The number of hydrazine groups is 1. The summed E-state index contributed by atoms with van der Waals surface area (Å²) in [5.41, 5.74) is 2.46. The molecule has 1 aromatic heterocycles. The summed E-state index contributed by atoms with van der Waals surface area (Å²) in [6, 6.07) is 0.359. The third kappa shape index (κ3) is 2.85. The van der Waals surface area contributed by atoms with Crippen LogP contribution in [0.4, 0.5) is 11.6 Å². The highest BCUT2D eigenvalue weighted by Crippen LogP contribution is 2.10. The molecule has 0 radical (unpaired) electrons. The Morgan fingerprint density at radius 3 is 2.43 bits per heavy atom. The first kappa shape index (κ1) is 10.7. The van der Waals surface area contributed by atoms with Gasteiger partial charge in [0.25, 0.3) is 0 Å². The van der Waals surface area contributed by atoms with E-state index in [1.165, 1.54) is 0 Å². The second kappa shape index (κ2) is 4.76. The van der Waals surface area contributed by atoms with Gasteiger partial charge in [-0.1, -0.05) is 13.8 Å². The van der Waals surface area contributed by atoms with E-state index in [2.05, 4.69) is 41.5 Å². The lowest BCUT2D eigenvalue weighted by molar-refractivity contribution is 0.558. The summed E-state index contributed by atoms with van der Waals surface area (Å²) in [6.45, 7) is 6.40. The highest BCUT2D eigenvalue weighted by Gasteiger charge is 2.07. The fraction of sp³-hybridized carbons (Fsp3) is 0.556. The number of nitrogens with two attached hydrogens (primary N) is 1. The monoisotopic (exact) mass is 195 g/mol. The summed E-state index contributed by atoms with van der Waals surface area (Å²) in [6.07, 6.45) is 3.25. The molecule has 1 rings (SSSR count). The zero-order valence-electron chi connectivity index (χ0n) is 8.78. The van der Waals surface area contributed by atoms with Gasteiger partial charge in [0.1, 0.15) is 5.82 Å². The molecule has 14 heavy (non-hydrogen) atoms. The molecule has 0 aliphatic rings. The van der Waals surface area contributed by atoms with Gasteiger partial charge in [0, 0.05) is 6.04 Å². The summed E-state index contributed by atoms with van der Waals surface area (Å²) in [5, 5.41) is 3.25. The average Bonchev–Trinajstić information content (AvgIpc) is 2.18. The van der Waals surface area contributed by atoms with Gasteiger partial charge in [-0.2, -0.15) is 0 Å². The molecule has 0 bridgehead atoms. The number of nitrogens with one attached hydrogen (secondary N) is 2. The Hall–Kier alpha value is -1.36. The van der Waals surface area contributed by atoms with Gasteiger partial charge >= 0.3 is 0 Å². The molecule has 1 unspecified atom stereocenters. The SMILES string of the molecule is CC(C)C(C)Nc1cncc(NN)n1. The number of nitrogen functional groups attached to an aromatic ring is 1. The van der Waals surface area contributed by atoms with Crippen LogP contribution in [0, 0.1) is 5.92 Å². The Bertz CT molecular complexity index is 286. The van der Waals surface area contributed by atoms with Crippen molar-refractivity contribution in [2.75, 3.05) is 10.7 Å². The van der Waals surface area contributed by atoms with Crippen LogP contribution in [-0.4, -0.2) is 16.0 Å². The normalized spacial score (nSPS) is 12.6. The highest BCUT2D eigenvalue weighted by molar-refractivity contribution is 5.41. The van der Waals surface area contributed by atoms with E-state index in [0.29, 0.717) is 17.8 Å². The molecule has 4 N–H and O–H groups in total. The number of hydrogen-bond donors (Lipinski definition) is 3. The van der Waals surface area contributed by atoms with Gasteiger partial charge in [-0.3, -0.25) is 4.98 Å². The van der Waals surface area contributed by atoms with Crippen LogP contribution in [0.2, 0.25) is 0 Å². The number of rotatable bonds is 4. The Labute approximate surface area is 84.1 Å². The predicted molar refractivity (Wildman–Crippen MR) is 57.8 cm³/mol. The van der Waals surface area contributed by atoms with Crippen LogP contribution in [-0.2, 0) is 0 Å². The summed E-state index contributed by atoms with van der Waals surface area (Å²) >= 11 is 0. The Balaban J connectivity index is 2.66. The average molecular weight is 195 g/mol. The number of anilines is 2. The van der Waals surface area contributed by atoms with Crippen LogP contribution in [0.5, 0.6) is 0 Å². The Morgan fingerprint density at radius 2 is 1.86 bits per heavy atom. The second-order valence-corrected chi connectivity index (χ2v) is 3.61. The van der Waals surface area contributed by atoms with Crippen molar-refractivity contribution in [1.29, 1.82) is 0 Å².